The summed E-state index contributed by atoms with van der Waals surface area (Å²) in [4.78, 5) is 10.4. The van der Waals surface area contributed by atoms with Crippen LogP contribution in [0.5, 0.6) is 0 Å². The Bertz CT molecular complexity index is 375. The van der Waals surface area contributed by atoms with Crippen molar-refractivity contribution < 1.29 is 0 Å². The fourth-order valence-corrected chi connectivity index (χ4v) is 2.65. The van der Waals surface area contributed by atoms with Crippen LogP contribution in [-0.2, 0) is 0 Å². The molecule has 0 radical (unpaired) electrons. The molecule has 1 aliphatic rings. The molecule has 1 aromatic heterocycles. The molecule has 1 aromatic rings. The maximum atomic E-state index is 5.76. The molecule has 0 aromatic carbocycles. The summed E-state index contributed by atoms with van der Waals surface area (Å²) in [5, 5.41) is 3.66. The Balaban J connectivity index is 2.01. The molecule has 1 aliphatic carbocycles. The van der Waals surface area contributed by atoms with Crippen molar-refractivity contribution in [3.63, 3.8) is 0 Å². The molecule has 5 heteroatoms. The summed E-state index contributed by atoms with van der Waals surface area (Å²) in [6.45, 7) is 0.910. The highest BCUT2D eigenvalue weighted by Crippen LogP contribution is 2.33. The summed E-state index contributed by atoms with van der Waals surface area (Å²) in [5.74, 6) is 0.804. The van der Waals surface area contributed by atoms with Crippen LogP contribution in [0.4, 0.5) is 5.82 Å². The Labute approximate surface area is 107 Å². The van der Waals surface area contributed by atoms with Gasteiger partial charge in [-0.05, 0) is 44.6 Å². The Kier molecular flexibility index (Phi) is 3.84. The summed E-state index contributed by atoms with van der Waals surface area (Å²) in [6.07, 6.45) is 6.78. The average Bonchev–Trinajstić information content (AvgIpc) is 2.76. The average molecular weight is 255 g/mol. The van der Waals surface area contributed by atoms with E-state index in [4.69, 9.17) is 11.6 Å². The normalized spacial score (nSPS) is 18.6. The van der Waals surface area contributed by atoms with Crippen LogP contribution in [0, 0.1) is 0 Å². The second-order valence-electron chi connectivity index (χ2n) is 4.89. The third kappa shape index (κ3) is 2.87. The molecular weight excluding hydrogens is 236 g/mol. The van der Waals surface area contributed by atoms with Gasteiger partial charge in [0, 0.05) is 18.3 Å². The second kappa shape index (κ2) is 5.19. The molecular formula is C12H19ClN4. The summed E-state index contributed by atoms with van der Waals surface area (Å²) in [5.41, 5.74) is 0.261. The molecule has 4 nitrogen and oxygen atoms in total. The van der Waals surface area contributed by atoms with Gasteiger partial charge in [-0.15, -0.1) is 0 Å². The van der Waals surface area contributed by atoms with Gasteiger partial charge >= 0.3 is 0 Å². The first-order chi connectivity index (χ1) is 8.12. The highest BCUT2D eigenvalue weighted by molar-refractivity contribution is 6.28. The molecule has 1 N–H and O–H groups in total. The number of rotatable bonds is 4. The van der Waals surface area contributed by atoms with E-state index in [9.17, 15) is 0 Å². The number of hydrogen-bond donors (Lipinski definition) is 1. The number of nitrogens with one attached hydrogen (secondary N) is 1. The van der Waals surface area contributed by atoms with E-state index in [2.05, 4.69) is 34.3 Å². The molecule has 0 atom stereocenters. The largest absolute Gasteiger partial charge is 0.368 e. The van der Waals surface area contributed by atoms with Gasteiger partial charge in [0.05, 0.1) is 0 Å². The van der Waals surface area contributed by atoms with Crippen molar-refractivity contribution in [1.29, 1.82) is 0 Å². The standard InChI is InChI=1S/C12H19ClN4/c1-17(2)12(6-3-4-7-12)9-15-10-5-8-14-11(13)16-10/h5,8H,3-4,6-7,9H2,1-2H3,(H,14,15,16). The van der Waals surface area contributed by atoms with E-state index in [0.717, 1.165) is 12.4 Å². The lowest BCUT2D eigenvalue weighted by Crippen LogP contribution is -2.47. The van der Waals surface area contributed by atoms with Crippen LogP contribution in [0.15, 0.2) is 12.3 Å². The van der Waals surface area contributed by atoms with Crippen LogP contribution >= 0.6 is 11.6 Å². The van der Waals surface area contributed by atoms with Gasteiger partial charge in [-0.2, -0.15) is 0 Å². The Morgan fingerprint density at radius 1 is 1.41 bits per heavy atom. The molecule has 0 aliphatic heterocycles. The molecule has 0 amide bonds. The molecule has 1 saturated carbocycles. The highest BCUT2D eigenvalue weighted by Gasteiger charge is 2.35. The van der Waals surface area contributed by atoms with Gasteiger partial charge in [0.25, 0.3) is 0 Å². The van der Waals surface area contributed by atoms with Crippen LogP contribution in [-0.4, -0.2) is 41.0 Å². The Hall–Kier alpha value is -0.870. The van der Waals surface area contributed by atoms with Crippen molar-refractivity contribution in [3.8, 4) is 0 Å². The maximum Gasteiger partial charge on any atom is 0.224 e. The lowest BCUT2D eigenvalue weighted by Gasteiger charge is -2.36. The van der Waals surface area contributed by atoms with Crippen LogP contribution in [0.1, 0.15) is 25.7 Å². The van der Waals surface area contributed by atoms with E-state index in [1.54, 1.807) is 6.20 Å². The quantitative estimate of drug-likeness (QED) is 0.838. The molecule has 1 fully saturated rings. The number of hydrogen-bond acceptors (Lipinski definition) is 4. The summed E-state index contributed by atoms with van der Waals surface area (Å²) in [6, 6.07) is 1.85. The molecule has 0 unspecified atom stereocenters. The predicted octanol–water partition coefficient (Wildman–Crippen LogP) is 2.42. The van der Waals surface area contributed by atoms with Gasteiger partial charge in [-0.25, -0.2) is 9.97 Å². The molecule has 0 bridgehead atoms. The van der Waals surface area contributed by atoms with Gasteiger partial charge in [-0.3, -0.25) is 0 Å². The zero-order chi connectivity index (χ0) is 12.3. The third-order valence-electron chi connectivity index (χ3n) is 3.71. The molecule has 1 heterocycles. The van der Waals surface area contributed by atoms with Crippen LogP contribution in [0.3, 0.4) is 0 Å². The van der Waals surface area contributed by atoms with Crippen molar-refractivity contribution in [2.45, 2.75) is 31.2 Å². The first kappa shape index (κ1) is 12.6. The fraction of sp³-hybridized carbons (Fsp3) is 0.667. The SMILES string of the molecule is CN(C)C1(CNc2ccnc(Cl)n2)CCCC1. The van der Waals surface area contributed by atoms with Crippen LogP contribution in [0.2, 0.25) is 5.28 Å². The van der Waals surface area contributed by atoms with Crippen LogP contribution < -0.4 is 5.32 Å². The van der Waals surface area contributed by atoms with Gasteiger partial charge in [-0.1, -0.05) is 12.8 Å². The molecule has 0 saturated heterocycles. The van der Waals surface area contributed by atoms with E-state index in [0.29, 0.717) is 5.28 Å². The fourth-order valence-electron chi connectivity index (χ4n) is 2.50. The van der Waals surface area contributed by atoms with Gasteiger partial charge in [0.1, 0.15) is 5.82 Å². The summed E-state index contributed by atoms with van der Waals surface area (Å²) in [7, 11) is 4.31. The molecule has 94 valence electrons. The zero-order valence-corrected chi connectivity index (χ0v) is 11.2. The van der Waals surface area contributed by atoms with E-state index in [1.807, 2.05) is 6.07 Å². The number of halogens is 1. The van der Waals surface area contributed by atoms with E-state index in [1.165, 1.54) is 25.7 Å². The van der Waals surface area contributed by atoms with E-state index < -0.39 is 0 Å². The number of anilines is 1. The van der Waals surface area contributed by atoms with Gasteiger partial charge in [0.2, 0.25) is 5.28 Å². The minimum absolute atomic E-state index is 0.261. The van der Waals surface area contributed by atoms with E-state index in [-0.39, 0.29) is 5.54 Å². The topological polar surface area (TPSA) is 41.0 Å². The summed E-state index contributed by atoms with van der Waals surface area (Å²) < 4.78 is 0. The first-order valence-electron chi connectivity index (χ1n) is 6.02. The van der Waals surface area contributed by atoms with Crippen molar-refractivity contribution in [2.75, 3.05) is 26.0 Å². The minimum Gasteiger partial charge on any atom is -0.368 e. The lowest BCUT2D eigenvalue weighted by atomic mass is 9.96. The molecule has 2 rings (SSSR count). The Morgan fingerprint density at radius 2 is 2.12 bits per heavy atom. The third-order valence-corrected chi connectivity index (χ3v) is 3.89. The smallest absolute Gasteiger partial charge is 0.224 e. The van der Waals surface area contributed by atoms with Crippen molar-refractivity contribution in [3.05, 3.63) is 17.5 Å². The first-order valence-corrected chi connectivity index (χ1v) is 6.40. The highest BCUT2D eigenvalue weighted by atomic mass is 35.5. The maximum absolute atomic E-state index is 5.76. The van der Waals surface area contributed by atoms with E-state index >= 15 is 0 Å². The van der Waals surface area contributed by atoms with Crippen molar-refractivity contribution in [1.82, 2.24) is 14.9 Å². The second-order valence-corrected chi connectivity index (χ2v) is 5.23. The number of nitrogens with zero attached hydrogens (tertiary/aromatic N) is 3. The molecule has 17 heavy (non-hydrogen) atoms. The van der Waals surface area contributed by atoms with Gasteiger partial charge in [0.15, 0.2) is 0 Å². The minimum atomic E-state index is 0.261. The number of likely N-dealkylation sites (N-methyl/N-ethyl adjacent to an activating group) is 1. The van der Waals surface area contributed by atoms with Gasteiger partial charge < -0.3 is 10.2 Å². The van der Waals surface area contributed by atoms with Crippen molar-refractivity contribution in [2.24, 2.45) is 0 Å². The lowest BCUT2D eigenvalue weighted by molar-refractivity contribution is 0.172. The van der Waals surface area contributed by atoms with Crippen LogP contribution in [0.25, 0.3) is 0 Å². The number of aromatic nitrogens is 2. The Morgan fingerprint density at radius 3 is 2.71 bits per heavy atom. The monoisotopic (exact) mass is 254 g/mol. The zero-order valence-electron chi connectivity index (χ0n) is 10.4. The summed E-state index contributed by atoms with van der Waals surface area (Å²) >= 11 is 5.76. The molecule has 0 spiro atoms. The van der Waals surface area contributed by atoms with Crippen molar-refractivity contribution >= 4 is 17.4 Å². The predicted molar refractivity (Wildman–Crippen MR) is 70.4 cm³/mol.